The Balaban J connectivity index is 2.14. The van der Waals surface area contributed by atoms with Crippen molar-refractivity contribution in [3.05, 3.63) is 35.9 Å². The Labute approximate surface area is 129 Å². The Morgan fingerprint density at radius 1 is 1.29 bits per heavy atom. The molecule has 21 heavy (non-hydrogen) atoms. The van der Waals surface area contributed by atoms with Gasteiger partial charge >= 0.3 is 0 Å². The molecule has 2 rings (SSSR count). The summed E-state index contributed by atoms with van der Waals surface area (Å²) in [5.74, 6) is 3.36. The van der Waals surface area contributed by atoms with Crippen molar-refractivity contribution < 1.29 is 9.15 Å². The minimum absolute atomic E-state index is 0.581. The Kier molecular flexibility index (Phi) is 5.38. The predicted molar refractivity (Wildman–Crippen MR) is 88.4 cm³/mol. The summed E-state index contributed by atoms with van der Waals surface area (Å²) in [6.45, 7) is 0.595. The second kappa shape index (κ2) is 7.26. The van der Waals surface area contributed by atoms with E-state index in [0.717, 1.165) is 28.6 Å². The zero-order chi connectivity index (χ0) is 15.2. The van der Waals surface area contributed by atoms with Crippen LogP contribution in [-0.2, 0) is 12.3 Å². The SMILES string of the molecule is COc1nccc(N(C)C)c1NCc1ccc(CSC)o1. The average molecular weight is 307 g/mol. The molecule has 0 fully saturated rings. The molecule has 0 spiro atoms. The molecule has 114 valence electrons. The lowest BCUT2D eigenvalue weighted by atomic mass is 10.3. The number of ether oxygens (including phenoxy) is 1. The number of methoxy groups -OCH3 is 1. The van der Waals surface area contributed by atoms with Gasteiger partial charge in [-0.1, -0.05) is 0 Å². The van der Waals surface area contributed by atoms with E-state index >= 15 is 0 Å². The molecule has 0 saturated carbocycles. The molecule has 1 N–H and O–H groups in total. The van der Waals surface area contributed by atoms with Gasteiger partial charge in [0.1, 0.15) is 17.2 Å². The molecule has 0 radical (unpaired) electrons. The molecule has 0 aromatic carbocycles. The van der Waals surface area contributed by atoms with E-state index in [9.17, 15) is 0 Å². The Bertz CT molecular complexity index is 584. The fourth-order valence-electron chi connectivity index (χ4n) is 2.04. The van der Waals surface area contributed by atoms with Crippen LogP contribution in [0.1, 0.15) is 11.5 Å². The number of nitrogens with zero attached hydrogens (tertiary/aromatic N) is 2. The normalized spacial score (nSPS) is 10.5. The molecule has 0 atom stereocenters. The molecule has 0 saturated heterocycles. The predicted octanol–water partition coefficient (Wildman–Crippen LogP) is 3.22. The maximum absolute atomic E-state index is 5.76. The number of anilines is 2. The van der Waals surface area contributed by atoms with Gasteiger partial charge in [0.25, 0.3) is 0 Å². The smallest absolute Gasteiger partial charge is 0.239 e. The number of thioether (sulfide) groups is 1. The van der Waals surface area contributed by atoms with Gasteiger partial charge in [-0.3, -0.25) is 0 Å². The summed E-state index contributed by atoms with van der Waals surface area (Å²) in [6.07, 6.45) is 3.80. The van der Waals surface area contributed by atoms with E-state index in [1.165, 1.54) is 0 Å². The number of pyridine rings is 1. The first-order chi connectivity index (χ1) is 10.2. The summed E-state index contributed by atoms with van der Waals surface area (Å²) in [5, 5.41) is 3.36. The second-order valence-electron chi connectivity index (χ2n) is 4.76. The van der Waals surface area contributed by atoms with E-state index < -0.39 is 0 Å². The van der Waals surface area contributed by atoms with Crippen LogP contribution in [0.2, 0.25) is 0 Å². The van der Waals surface area contributed by atoms with Crippen LogP contribution in [-0.4, -0.2) is 32.4 Å². The van der Waals surface area contributed by atoms with Gasteiger partial charge in [0, 0.05) is 20.3 Å². The van der Waals surface area contributed by atoms with Gasteiger partial charge in [-0.15, -0.1) is 0 Å². The van der Waals surface area contributed by atoms with Gasteiger partial charge in [-0.25, -0.2) is 4.98 Å². The Hall–Kier alpha value is -1.82. The first kappa shape index (κ1) is 15.6. The van der Waals surface area contributed by atoms with Gasteiger partial charge in [-0.2, -0.15) is 11.8 Å². The molecular weight excluding hydrogens is 286 g/mol. The lowest BCUT2D eigenvalue weighted by Crippen LogP contribution is -2.13. The monoisotopic (exact) mass is 307 g/mol. The van der Waals surface area contributed by atoms with Crippen molar-refractivity contribution in [3.63, 3.8) is 0 Å². The Morgan fingerprint density at radius 3 is 2.71 bits per heavy atom. The molecule has 2 aromatic heterocycles. The molecule has 2 aromatic rings. The van der Waals surface area contributed by atoms with Gasteiger partial charge in [0.05, 0.1) is 25.1 Å². The van der Waals surface area contributed by atoms with Crippen molar-refractivity contribution in [2.45, 2.75) is 12.3 Å². The minimum Gasteiger partial charge on any atom is -0.479 e. The van der Waals surface area contributed by atoms with Crippen molar-refractivity contribution in [2.75, 3.05) is 37.7 Å². The average Bonchev–Trinajstić information content (AvgIpc) is 2.92. The van der Waals surface area contributed by atoms with Crippen LogP contribution in [0.25, 0.3) is 0 Å². The maximum Gasteiger partial charge on any atom is 0.239 e. The van der Waals surface area contributed by atoms with E-state index in [-0.39, 0.29) is 0 Å². The van der Waals surface area contributed by atoms with Crippen LogP contribution in [0, 0.1) is 0 Å². The molecule has 5 nitrogen and oxygen atoms in total. The van der Waals surface area contributed by atoms with Crippen LogP contribution in [0.15, 0.2) is 28.8 Å². The Morgan fingerprint density at radius 2 is 2.05 bits per heavy atom. The first-order valence-electron chi connectivity index (χ1n) is 6.66. The van der Waals surface area contributed by atoms with Crippen LogP contribution >= 0.6 is 11.8 Å². The van der Waals surface area contributed by atoms with Crippen molar-refractivity contribution in [1.82, 2.24) is 4.98 Å². The van der Waals surface area contributed by atoms with Gasteiger partial charge < -0.3 is 19.4 Å². The fraction of sp³-hybridized carbons (Fsp3) is 0.400. The summed E-state index contributed by atoms with van der Waals surface area (Å²) in [6, 6.07) is 5.96. The molecule has 0 unspecified atom stereocenters. The van der Waals surface area contributed by atoms with Crippen molar-refractivity contribution in [1.29, 1.82) is 0 Å². The molecule has 0 amide bonds. The number of hydrogen-bond acceptors (Lipinski definition) is 6. The number of rotatable bonds is 7. The summed E-state index contributed by atoms with van der Waals surface area (Å²) in [4.78, 5) is 6.26. The van der Waals surface area contributed by atoms with Crippen LogP contribution in [0.4, 0.5) is 11.4 Å². The topological polar surface area (TPSA) is 50.5 Å². The molecule has 2 heterocycles. The highest BCUT2D eigenvalue weighted by Gasteiger charge is 2.12. The molecular formula is C15H21N3O2S. The first-order valence-corrected chi connectivity index (χ1v) is 8.05. The van der Waals surface area contributed by atoms with E-state index in [0.29, 0.717) is 12.4 Å². The summed E-state index contributed by atoms with van der Waals surface area (Å²) in [7, 11) is 5.60. The molecule has 0 aliphatic carbocycles. The minimum atomic E-state index is 0.581. The molecule has 0 bridgehead atoms. The van der Waals surface area contributed by atoms with Crippen molar-refractivity contribution >= 4 is 23.1 Å². The fourth-order valence-corrected chi connectivity index (χ4v) is 2.48. The highest BCUT2D eigenvalue weighted by Crippen LogP contribution is 2.32. The number of hydrogen-bond donors (Lipinski definition) is 1. The van der Waals surface area contributed by atoms with E-state index in [1.54, 1.807) is 25.1 Å². The standard InChI is InChI=1S/C15H21N3O2S/c1-18(2)13-7-8-16-15(19-3)14(13)17-9-11-5-6-12(20-11)10-21-4/h5-8,17H,9-10H2,1-4H3. The molecule has 0 aliphatic rings. The second-order valence-corrected chi connectivity index (χ2v) is 5.63. The van der Waals surface area contributed by atoms with Gasteiger partial charge in [0.2, 0.25) is 5.88 Å². The summed E-state index contributed by atoms with van der Waals surface area (Å²) < 4.78 is 11.1. The highest BCUT2D eigenvalue weighted by molar-refractivity contribution is 7.97. The van der Waals surface area contributed by atoms with Crippen LogP contribution in [0.3, 0.4) is 0 Å². The van der Waals surface area contributed by atoms with Gasteiger partial charge in [0.15, 0.2) is 0 Å². The lowest BCUT2D eigenvalue weighted by Gasteiger charge is -2.19. The van der Waals surface area contributed by atoms with E-state index in [1.807, 2.05) is 37.2 Å². The third-order valence-corrected chi connectivity index (χ3v) is 3.59. The number of nitrogens with one attached hydrogen (secondary N) is 1. The van der Waals surface area contributed by atoms with Crippen LogP contribution in [0.5, 0.6) is 5.88 Å². The lowest BCUT2D eigenvalue weighted by molar-refractivity contribution is 0.399. The van der Waals surface area contributed by atoms with Crippen molar-refractivity contribution in [2.24, 2.45) is 0 Å². The number of furan rings is 1. The van der Waals surface area contributed by atoms with Crippen LogP contribution < -0.4 is 15.0 Å². The van der Waals surface area contributed by atoms with E-state index in [4.69, 9.17) is 9.15 Å². The molecule has 6 heteroatoms. The van der Waals surface area contributed by atoms with Gasteiger partial charge in [-0.05, 0) is 24.5 Å². The number of aromatic nitrogens is 1. The quantitative estimate of drug-likeness (QED) is 0.847. The molecule has 0 aliphatic heterocycles. The zero-order valence-corrected chi connectivity index (χ0v) is 13.7. The van der Waals surface area contributed by atoms with Crippen molar-refractivity contribution in [3.8, 4) is 5.88 Å². The highest BCUT2D eigenvalue weighted by atomic mass is 32.2. The largest absolute Gasteiger partial charge is 0.479 e. The third-order valence-electron chi connectivity index (χ3n) is 3.01. The zero-order valence-electron chi connectivity index (χ0n) is 12.8. The summed E-state index contributed by atoms with van der Waals surface area (Å²) in [5.41, 5.74) is 1.89. The van der Waals surface area contributed by atoms with E-state index in [2.05, 4.69) is 16.6 Å². The summed E-state index contributed by atoms with van der Waals surface area (Å²) >= 11 is 1.74. The third kappa shape index (κ3) is 3.85. The maximum atomic E-state index is 5.76.